The lowest BCUT2D eigenvalue weighted by molar-refractivity contribution is 0.270. The first-order valence-electron chi connectivity index (χ1n) is 9.71. The molecule has 1 unspecified atom stereocenters. The fraction of sp³-hybridized carbons (Fsp3) is 0.286. The van der Waals surface area contributed by atoms with Crippen LogP contribution in [0.15, 0.2) is 53.6 Å². The molecule has 0 bridgehead atoms. The number of aromatic nitrogens is 5. The molecule has 3 aromatic heterocycles. The first-order valence-corrected chi connectivity index (χ1v) is 9.71. The maximum absolute atomic E-state index is 13.1. The van der Waals surface area contributed by atoms with Crippen LogP contribution in [0.25, 0.3) is 22.1 Å². The van der Waals surface area contributed by atoms with Gasteiger partial charge in [0, 0.05) is 18.9 Å². The van der Waals surface area contributed by atoms with Gasteiger partial charge in [0.05, 0.1) is 30.1 Å². The number of fused-ring (bicyclic) bond motifs is 2. The van der Waals surface area contributed by atoms with Crippen molar-refractivity contribution in [1.82, 2.24) is 24.5 Å². The summed E-state index contributed by atoms with van der Waals surface area (Å²) < 4.78 is 1.60. The highest BCUT2D eigenvalue weighted by atomic mass is 16.3. The molecular weight excluding hydrogens is 368 g/mol. The van der Waals surface area contributed by atoms with Crippen molar-refractivity contribution in [1.29, 1.82) is 0 Å². The van der Waals surface area contributed by atoms with Crippen LogP contribution in [0.2, 0.25) is 0 Å². The standard InChI is InChI=1S/C21H20N6O2/c28-13-12-27-20(24-15-5-2-1-4-14(15)21(27)29)17-6-3-11-26(17)18-8-7-16-19(25-18)23-10-9-22-16/h1-2,4-5,7-10,17,28H,3,6,11-13H2. The Morgan fingerprint density at radius 3 is 2.79 bits per heavy atom. The molecule has 1 N–H and O–H groups in total. The lowest BCUT2D eigenvalue weighted by Crippen LogP contribution is -2.33. The SMILES string of the molecule is O=c1c2ccccc2nc(C2CCCN2c2ccc3nccnc3n2)n1CCO. The Morgan fingerprint density at radius 1 is 1.03 bits per heavy atom. The topological polar surface area (TPSA) is 97.0 Å². The summed E-state index contributed by atoms with van der Waals surface area (Å²) in [5.41, 5.74) is 1.89. The van der Waals surface area contributed by atoms with Crippen LogP contribution in [-0.4, -0.2) is 42.8 Å². The molecule has 1 atom stereocenters. The summed E-state index contributed by atoms with van der Waals surface area (Å²) >= 11 is 0. The van der Waals surface area contributed by atoms with Gasteiger partial charge >= 0.3 is 0 Å². The Labute approximate surface area is 166 Å². The average molecular weight is 388 g/mol. The number of rotatable bonds is 4. The smallest absolute Gasteiger partial charge is 0.261 e. The number of aliphatic hydroxyl groups excluding tert-OH is 1. The number of pyridine rings is 1. The molecule has 146 valence electrons. The summed E-state index contributed by atoms with van der Waals surface area (Å²) in [4.78, 5) is 33.3. The minimum atomic E-state index is -0.122. The monoisotopic (exact) mass is 388 g/mol. The highest BCUT2D eigenvalue weighted by molar-refractivity contribution is 5.77. The molecule has 8 nitrogen and oxygen atoms in total. The van der Waals surface area contributed by atoms with Crippen LogP contribution in [0.4, 0.5) is 5.82 Å². The Morgan fingerprint density at radius 2 is 1.90 bits per heavy atom. The van der Waals surface area contributed by atoms with Gasteiger partial charge < -0.3 is 10.0 Å². The van der Waals surface area contributed by atoms with Crippen LogP contribution in [0.1, 0.15) is 24.7 Å². The zero-order chi connectivity index (χ0) is 19.8. The van der Waals surface area contributed by atoms with Gasteiger partial charge in [0.25, 0.3) is 5.56 Å². The first-order chi connectivity index (χ1) is 14.3. The third kappa shape index (κ3) is 3.01. The van der Waals surface area contributed by atoms with Gasteiger partial charge in [0.15, 0.2) is 5.65 Å². The normalized spacial score (nSPS) is 16.7. The van der Waals surface area contributed by atoms with Crippen LogP contribution >= 0.6 is 0 Å². The second-order valence-electron chi connectivity index (χ2n) is 7.09. The first kappa shape index (κ1) is 17.7. The highest BCUT2D eigenvalue weighted by Gasteiger charge is 2.31. The highest BCUT2D eigenvalue weighted by Crippen LogP contribution is 2.35. The van der Waals surface area contributed by atoms with Crippen molar-refractivity contribution >= 4 is 27.9 Å². The largest absolute Gasteiger partial charge is 0.395 e. The van der Waals surface area contributed by atoms with E-state index in [1.54, 1.807) is 23.0 Å². The second-order valence-corrected chi connectivity index (χ2v) is 7.09. The number of benzene rings is 1. The van der Waals surface area contributed by atoms with Crippen molar-refractivity contribution < 1.29 is 5.11 Å². The molecule has 4 aromatic rings. The van der Waals surface area contributed by atoms with Gasteiger partial charge in [-0.05, 0) is 37.1 Å². The molecule has 4 heterocycles. The summed E-state index contributed by atoms with van der Waals surface area (Å²) in [7, 11) is 0. The van der Waals surface area contributed by atoms with E-state index in [-0.39, 0.29) is 24.8 Å². The van der Waals surface area contributed by atoms with E-state index in [4.69, 9.17) is 4.98 Å². The van der Waals surface area contributed by atoms with Crippen molar-refractivity contribution in [2.24, 2.45) is 0 Å². The summed E-state index contributed by atoms with van der Waals surface area (Å²) in [6.07, 6.45) is 5.10. The molecule has 5 rings (SSSR count). The molecule has 1 aliphatic rings. The van der Waals surface area contributed by atoms with Crippen LogP contribution in [0.5, 0.6) is 0 Å². The van der Waals surface area contributed by atoms with Crippen molar-refractivity contribution in [3.05, 3.63) is 65.0 Å². The van der Waals surface area contributed by atoms with Gasteiger partial charge in [-0.15, -0.1) is 0 Å². The van der Waals surface area contributed by atoms with E-state index >= 15 is 0 Å². The van der Waals surface area contributed by atoms with E-state index in [0.29, 0.717) is 22.4 Å². The number of aliphatic hydroxyl groups is 1. The van der Waals surface area contributed by atoms with E-state index < -0.39 is 0 Å². The zero-order valence-corrected chi connectivity index (χ0v) is 15.8. The van der Waals surface area contributed by atoms with Crippen LogP contribution in [0.3, 0.4) is 0 Å². The van der Waals surface area contributed by atoms with Crippen LogP contribution in [0, 0.1) is 0 Å². The molecule has 0 amide bonds. The third-order valence-electron chi connectivity index (χ3n) is 5.38. The molecule has 1 aromatic carbocycles. The maximum atomic E-state index is 13.1. The second kappa shape index (κ2) is 7.21. The Bertz CT molecular complexity index is 1250. The van der Waals surface area contributed by atoms with Crippen molar-refractivity contribution in [2.75, 3.05) is 18.1 Å². The molecule has 8 heteroatoms. The molecule has 1 aliphatic heterocycles. The summed E-state index contributed by atoms with van der Waals surface area (Å²) in [5, 5.41) is 10.1. The van der Waals surface area contributed by atoms with Crippen LogP contribution < -0.4 is 10.5 Å². The summed E-state index contributed by atoms with van der Waals surface area (Å²) in [5.74, 6) is 1.46. The van der Waals surface area contributed by atoms with E-state index in [1.807, 2.05) is 30.3 Å². The van der Waals surface area contributed by atoms with Gasteiger partial charge in [-0.1, -0.05) is 12.1 Å². The fourth-order valence-electron chi connectivity index (χ4n) is 4.07. The van der Waals surface area contributed by atoms with E-state index in [1.165, 1.54) is 0 Å². The third-order valence-corrected chi connectivity index (χ3v) is 5.38. The number of anilines is 1. The quantitative estimate of drug-likeness (QED) is 0.571. The molecular formula is C21H20N6O2. The predicted octanol–water partition coefficient (Wildman–Crippen LogP) is 2.07. The van der Waals surface area contributed by atoms with Crippen molar-refractivity contribution in [3.8, 4) is 0 Å². The lowest BCUT2D eigenvalue weighted by atomic mass is 10.1. The zero-order valence-electron chi connectivity index (χ0n) is 15.8. The molecule has 0 radical (unpaired) electrons. The van der Waals surface area contributed by atoms with Gasteiger partial charge in [-0.2, -0.15) is 0 Å². The fourth-order valence-corrected chi connectivity index (χ4v) is 4.07. The van der Waals surface area contributed by atoms with Crippen LogP contribution in [-0.2, 0) is 6.54 Å². The van der Waals surface area contributed by atoms with Crippen molar-refractivity contribution in [3.63, 3.8) is 0 Å². The lowest BCUT2D eigenvalue weighted by Gasteiger charge is -2.27. The Hall–Kier alpha value is -3.39. The van der Waals surface area contributed by atoms with E-state index in [2.05, 4.69) is 19.9 Å². The molecule has 1 saturated heterocycles. The maximum Gasteiger partial charge on any atom is 0.261 e. The number of hydrogen-bond donors (Lipinski definition) is 1. The predicted molar refractivity (Wildman–Crippen MR) is 110 cm³/mol. The van der Waals surface area contributed by atoms with Gasteiger partial charge in [0.2, 0.25) is 0 Å². The average Bonchev–Trinajstić information content (AvgIpc) is 3.25. The molecule has 1 fully saturated rings. The summed E-state index contributed by atoms with van der Waals surface area (Å²) in [6.45, 7) is 0.904. The molecule has 0 spiro atoms. The number of nitrogens with zero attached hydrogens (tertiary/aromatic N) is 6. The number of para-hydroxylation sites is 1. The molecule has 29 heavy (non-hydrogen) atoms. The van der Waals surface area contributed by atoms with Gasteiger partial charge in [-0.25, -0.2) is 15.0 Å². The van der Waals surface area contributed by atoms with Crippen molar-refractivity contribution in [2.45, 2.75) is 25.4 Å². The van der Waals surface area contributed by atoms with Gasteiger partial charge in [0.1, 0.15) is 17.2 Å². The summed E-state index contributed by atoms with van der Waals surface area (Å²) in [6, 6.07) is 11.1. The Balaban J connectivity index is 1.64. The van der Waals surface area contributed by atoms with E-state index in [0.717, 1.165) is 30.7 Å². The number of hydrogen-bond acceptors (Lipinski definition) is 7. The Kier molecular flexibility index (Phi) is 4.40. The molecule has 0 saturated carbocycles. The van der Waals surface area contributed by atoms with E-state index in [9.17, 15) is 9.90 Å². The minimum absolute atomic E-state index is 0.0968. The molecule has 0 aliphatic carbocycles. The van der Waals surface area contributed by atoms with Gasteiger partial charge in [-0.3, -0.25) is 14.3 Å². The minimum Gasteiger partial charge on any atom is -0.395 e.